The van der Waals surface area contributed by atoms with Crippen molar-refractivity contribution in [3.05, 3.63) is 82.1 Å². The molecule has 0 aliphatic rings. The van der Waals surface area contributed by atoms with Gasteiger partial charge in [0.05, 0.1) is 10.6 Å². The minimum absolute atomic E-state index is 0.0702. The molecule has 0 saturated heterocycles. The number of hydrogen-bond donors (Lipinski definition) is 2. The molecular weight excluding hydrogens is 475 g/mol. The van der Waals surface area contributed by atoms with E-state index >= 15 is 0 Å². The SMILES string of the molecule is CNC(=O)c1cc(Oc2ccc(CNC(=O)Oc3ccc(Cl)c(C(F)(F)F)c3)c(C)c2)ccn1. The molecule has 3 aromatic rings. The summed E-state index contributed by atoms with van der Waals surface area (Å²) in [4.78, 5) is 27.7. The number of nitrogens with one attached hydrogen (secondary N) is 2. The Morgan fingerprint density at radius 2 is 1.74 bits per heavy atom. The van der Waals surface area contributed by atoms with Crippen LogP contribution in [-0.2, 0) is 12.7 Å². The molecule has 1 aromatic heterocycles. The Labute approximate surface area is 197 Å². The number of carbonyl (C=O) groups is 2. The molecule has 0 bridgehead atoms. The van der Waals surface area contributed by atoms with E-state index in [4.69, 9.17) is 21.1 Å². The van der Waals surface area contributed by atoms with Gasteiger partial charge in [-0.2, -0.15) is 13.2 Å². The summed E-state index contributed by atoms with van der Waals surface area (Å²) in [5.74, 6) is 0.286. The first-order valence-electron chi connectivity index (χ1n) is 9.85. The maximum absolute atomic E-state index is 13.0. The maximum atomic E-state index is 13.0. The number of pyridine rings is 1. The molecule has 11 heteroatoms. The number of rotatable bonds is 6. The first-order valence-corrected chi connectivity index (χ1v) is 10.2. The van der Waals surface area contributed by atoms with Crippen molar-refractivity contribution in [3.8, 4) is 17.2 Å². The number of nitrogens with zero attached hydrogens (tertiary/aromatic N) is 1. The topological polar surface area (TPSA) is 89.6 Å². The van der Waals surface area contributed by atoms with Crippen LogP contribution in [0.2, 0.25) is 5.02 Å². The van der Waals surface area contributed by atoms with Gasteiger partial charge in [-0.1, -0.05) is 17.7 Å². The largest absolute Gasteiger partial charge is 0.457 e. The van der Waals surface area contributed by atoms with Gasteiger partial charge in [0, 0.05) is 25.9 Å². The molecule has 0 aliphatic carbocycles. The second kappa shape index (κ2) is 10.4. The molecule has 2 N–H and O–H groups in total. The van der Waals surface area contributed by atoms with Gasteiger partial charge >= 0.3 is 12.3 Å². The van der Waals surface area contributed by atoms with Crippen LogP contribution in [0, 0.1) is 6.92 Å². The van der Waals surface area contributed by atoms with E-state index in [1.54, 1.807) is 31.2 Å². The highest BCUT2D eigenvalue weighted by Gasteiger charge is 2.33. The number of alkyl halides is 3. The molecule has 178 valence electrons. The van der Waals surface area contributed by atoms with Gasteiger partial charge in [-0.3, -0.25) is 9.78 Å². The van der Waals surface area contributed by atoms with Crippen LogP contribution in [0.25, 0.3) is 0 Å². The van der Waals surface area contributed by atoms with E-state index in [0.29, 0.717) is 17.6 Å². The zero-order valence-corrected chi connectivity index (χ0v) is 18.8. The Bertz CT molecular complexity index is 1220. The summed E-state index contributed by atoms with van der Waals surface area (Å²) in [6.07, 6.45) is -4.14. The third-order valence-corrected chi connectivity index (χ3v) is 4.95. The van der Waals surface area contributed by atoms with Crippen LogP contribution in [0.3, 0.4) is 0 Å². The lowest BCUT2D eigenvalue weighted by atomic mass is 10.1. The van der Waals surface area contributed by atoms with Crippen molar-refractivity contribution in [1.29, 1.82) is 0 Å². The Balaban J connectivity index is 1.61. The fourth-order valence-corrected chi connectivity index (χ4v) is 3.11. The van der Waals surface area contributed by atoms with Crippen molar-refractivity contribution in [2.24, 2.45) is 0 Å². The summed E-state index contributed by atoms with van der Waals surface area (Å²) in [5.41, 5.74) is 0.628. The average Bonchev–Trinajstić information content (AvgIpc) is 2.78. The average molecular weight is 494 g/mol. The van der Waals surface area contributed by atoms with Crippen molar-refractivity contribution in [3.63, 3.8) is 0 Å². The smallest absolute Gasteiger partial charge is 0.417 e. The van der Waals surface area contributed by atoms with Crippen molar-refractivity contribution in [1.82, 2.24) is 15.6 Å². The summed E-state index contributed by atoms with van der Waals surface area (Å²) >= 11 is 5.56. The molecule has 0 saturated carbocycles. The Morgan fingerprint density at radius 3 is 2.41 bits per heavy atom. The number of benzene rings is 2. The number of hydrogen-bond acceptors (Lipinski definition) is 5. The molecule has 34 heavy (non-hydrogen) atoms. The van der Waals surface area contributed by atoms with Gasteiger partial charge in [0.1, 0.15) is 22.9 Å². The number of amides is 2. The second-order valence-electron chi connectivity index (χ2n) is 7.03. The van der Waals surface area contributed by atoms with Crippen molar-refractivity contribution in [2.45, 2.75) is 19.6 Å². The molecule has 3 rings (SSSR count). The monoisotopic (exact) mass is 493 g/mol. The molecule has 0 fully saturated rings. The first kappa shape index (κ1) is 24.8. The van der Waals surface area contributed by atoms with E-state index in [1.165, 1.54) is 25.4 Å². The number of halogens is 4. The lowest BCUT2D eigenvalue weighted by molar-refractivity contribution is -0.137. The van der Waals surface area contributed by atoms with E-state index in [0.717, 1.165) is 17.2 Å². The highest BCUT2D eigenvalue weighted by atomic mass is 35.5. The molecular formula is C23H19ClF3N3O4. The van der Waals surface area contributed by atoms with Crippen LogP contribution in [-0.4, -0.2) is 24.0 Å². The third kappa shape index (κ3) is 6.38. The van der Waals surface area contributed by atoms with Crippen LogP contribution in [0.15, 0.2) is 54.7 Å². The van der Waals surface area contributed by atoms with E-state index < -0.39 is 22.9 Å². The molecule has 2 amide bonds. The first-order chi connectivity index (χ1) is 16.1. The molecule has 7 nitrogen and oxygen atoms in total. The van der Waals surface area contributed by atoms with E-state index in [2.05, 4.69) is 15.6 Å². The molecule has 2 aromatic carbocycles. The molecule has 0 spiro atoms. The van der Waals surface area contributed by atoms with Gasteiger partial charge in [-0.25, -0.2) is 4.79 Å². The molecule has 1 heterocycles. The predicted octanol–water partition coefficient (Wildman–Crippen LogP) is 5.50. The zero-order chi connectivity index (χ0) is 24.9. The van der Waals surface area contributed by atoms with Crippen LogP contribution >= 0.6 is 11.6 Å². The number of carbonyl (C=O) groups excluding carboxylic acids is 2. The van der Waals surface area contributed by atoms with Gasteiger partial charge in [0.15, 0.2) is 0 Å². The third-order valence-electron chi connectivity index (χ3n) is 4.62. The lowest BCUT2D eigenvalue weighted by Gasteiger charge is -2.13. The highest BCUT2D eigenvalue weighted by Crippen LogP contribution is 2.36. The minimum atomic E-state index is -4.67. The van der Waals surface area contributed by atoms with Crippen molar-refractivity contribution in [2.75, 3.05) is 7.05 Å². The Kier molecular flexibility index (Phi) is 7.62. The molecule has 0 atom stereocenters. The van der Waals surface area contributed by atoms with Crippen LogP contribution in [0.1, 0.15) is 27.2 Å². The van der Waals surface area contributed by atoms with E-state index in [1.807, 2.05) is 0 Å². The summed E-state index contributed by atoms with van der Waals surface area (Å²) in [5, 5.41) is 4.48. The number of aryl methyl sites for hydroxylation is 1. The summed E-state index contributed by atoms with van der Waals surface area (Å²) in [6, 6.07) is 11.1. The van der Waals surface area contributed by atoms with Crippen LogP contribution < -0.4 is 20.1 Å². The zero-order valence-electron chi connectivity index (χ0n) is 18.0. The normalized spacial score (nSPS) is 11.0. The fourth-order valence-electron chi connectivity index (χ4n) is 2.89. The van der Waals surface area contributed by atoms with E-state index in [9.17, 15) is 22.8 Å². The quantitative estimate of drug-likeness (QED) is 0.473. The number of ether oxygens (including phenoxy) is 2. The van der Waals surface area contributed by atoms with Crippen LogP contribution in [0.4, 0.5) is 18.0 Å². The van der Waals surface area contributed by atoms with Crippen LogP contribution in [0.5, 0.6) is 17.2 Å². The van der Waals surface area contributed by atoms with Crippen molar-refractivity contribution < 1.29 is 32.2 Å². The lowest BCUT2D eigenvalue weighted by Crippen LogP contribution is -2.26. The molecule has 0 unspecified atom stereocenters. The molecule has 0 radical (unpaired) electrons. The van der Waals surface area contributed by atoms with E-state index in [-0.39, 0.29) is 23.9 Å². The standard InChI is InChI=1S/C23H19ClF3N3O4/c1-13-9-15(33-17-7-8-29-20(11-17)21(31)28-2)4-3-14(13)12-30-22(32)34-16-5-6-19(24)18(10-16)23(25,26)27/h3-11H,12H2,1-2H3,(H,28,31)(H,30,32). The summed E-state index contributed by atoms with van der Waals surface area (Å²) < 4.78 is 49.6. The predicted molar refractivity (Wildman–Crippen MR) is 118 cm³/mol. The second-order valence-corrected chi connectivity index (χ2v) is 7.44. The van der Waals surface area contributed by atoms with Gasteiger partial charge in [-0.05, 0) is 54.4 Å². The molecule has 0 aliphatic heterocycles. The number of aromatic nitrogens is 1. The fraction of sp³-hybridized carbons (Fsp3) is 0.174. The maximum Gasteiger partial charge on any atom is 0.417 e. The summed E-state index contributed by atoms with van der Waals surface area (Å²) in [6.45, 7) is 1.87. The minimum Gasteiger partial charge on any atom is -0.457 e. The van der Waals surface area contributed by atoms with Crippen molar-refractivity contribution >= 4 is 23.6 Å². The Morgan fingerprint density at radius 1 is 1.03 bits per heavy atom. The van der Waals surface area contributed by atoms with Gasteiger partial charge in [0.25, 0.3) is 5.91 Å². The Hall–Kier alpha value is -3.79. The van der Waals surface area contributed by atoms with Gasteiger partial charge < -0.3 is 20.1 Å². The van der Waals surface area contributed by atoms with Gasteiger partial charge in [-0.15, -0.1) is 0 Å². The highest BCUT2D eigenvalue weighted by molar-refractivity contribution is 6.31. The van der Waals surface area contributed by atoms with Gasteiger partial charge in [0.2, 0.25) is 0 Å². The summed E-state index contributed by atoms with van der Waals surface area (Å²) in [7, 11) is 1.50.